The van der Waals surface area contributed by atoms with E-state index in [1.165, 1.54) is 11.1 Å². The topological polar surface area (TPSA) is 23.8 Å². The summed E-state index contributed by atoms with van der Waals surface area (Å²) in [6, 6.07) is 22.8. The number of nitriles is 1. The minimum atomic E-state index is -0.0280. The fourth-order valence-electron chi connectivity index (χ4n) is 2.17. The average Bonchev–Trinajstić information content (AvgIpc) is 2.41. The predicted octanol–water partition coefficient (Wildman–Crippen LogP) is 3.98. The van der Waals surface area contributed by atoms with Crippen LogP contribution < -0.4 is 0 Å². The molecule has 0 bridgehead atoms. The van der Waals surface area contributed by atoms with Crippen LogP contribution in [0, 0.1) is 17.2 Å². The van der Waals surface area contributed by atoms with Gasteiger partial charge in [-0.3, -0.25) is 0 Å². The second kappa shape index (κ2) is 5.32. The van der Waals surface area contributed by atoms with E-state index < -0.39 is 0 Å². The van der Waals surface area contributed by atoms with Crippen molar-refractivity contribution < 1.29 is 0 Å². The van der Waals surface area contributed by atoms with Crippen molar-refractivity contribution in [2.24, 2.45) is 5.92 Å². The summed E-state index contributed by atoms with van der Waals surface area (Å²) in [5.74, 6) is 0.127. The van der Waals surface area contributed by atoms with Gasteiger partial charge >= 0.3 is 0 Å². The predicted molar refractivity (Wildman–Crippen MR) is 69.5 cm³/mol. The molecule has 0 spiro atoms. The Balaban J connectivity index is 2.44. The molecule has 0 radical (unpaired) electrons. The van der Waals surface area contributed by atoms with Gasteiger partial charge in [0, 0.05) is 5.92 Å². The first-order valence-corrected chi connectivity index (χ1v) is 5.82. The fourth-order valence-corrected chi connectivity index (χ4v) is 2.17. The van der Waals surface area contributed by atoms with E-state index in [0.717, 1.165) is 0 Å². The molecular weight excluding hydrogens is 206 g/mol. The molecule has 0 saturated heterocycles. The normalized spacial score (nSPS) is 12.1. The number of rotatable bonds is 3. The van der Waals surface area contributed by atoms with E-state index in [9.17, 15) is 5.26 Å². The van der Waals surface area contributed by atoms with Crippen LogP contribution in [0.3, 0.4) is 0 Å². The second-order valence-electron chi connectivity index (χ2n) is 4.22. The summed E-state index contributed by atoms with van der Waals surface area (Å²) in [5, 5.41) is 9.18. The number of hydrogen-bond donors (Lipinski definition) is 0. The Bertz CT molecular complexity index is 457. The highest BCUT2D eigenvalue weighted by molar-refractivity contribution is 5.34. The molecular formula is C16H15N. The summed E-state index contributed by atoms with van der Waals surface area (Å²) >= 11 is 0. The first-order valence-electron chi connectivity index (χ1n) is 5.82. The van der Waals surface area contributed by atoms with Gasteiger partial charge in [-0.1, -0.05) is 60.7 Å². The Labute approximate surface area is 102 Å². The van der Waals surface area contributed by atoms with E-state index in [2.05, 4.69) is 30.3 Å². The fraction of sp³-hybridized carbons (Fsp3) is 0.188. The Morgan fingerprint density at radius 2 is 1.24 bits per heavy atom. The maximum absolute atomic E-state index is 9.18. The minimum absolute atomic E-state index is 0.0280. The summed E-state index contributed by atoms with van der Waals surface area (Å²) < 4.78 is 0. The number of benzene rings is 2. The molecule has 0 saturated carbocycles. The van der Waals surface area contributed by atoms with E-state index in [1.807, 2.05) is 43.3 Å². The molecule has 1 atom stereocenters. The molecule has 0 N–H and O–H groups in total. The SMILES string of the molecule is C[C@H](C#N)C(c1ccccc1)c1ccccc1. The molecule has 0 amide bonds. The lowest BCUT2D eigenvalue weighted by molar-refractivity contribution is 0.637. The van der Waals surface area contributed by atoms with Gasteiger partial charge in [0.05, 0.1) is 12.0 Å². The minimum Gasteiger partial charge on any atom is -0.198 e. The largest absolute Gasteiger partial charge is 0.198 e. The molecule has 2 aromatic rings. The first kappa shape index (κ1) is 11.4. The Hall–Kier alpha value is -2.07. The lowest BCUT2D eigenvalue weighted by atomic mass is 9.82. The van der Waals surface area contributed by atoms with Crippen LogP contribution >= 0.6 is 0 Å². The van der Waals surface area contributed by atoms with Crippen LogP contribution in [-0.4, -0.2) is 0 Å². The van der Waals surface area contributed by atoms with Crippen LogP contribution in [0.15, 0.2) is 60.7 Å². The van der Waals surface area contributed by atoms with Crippen LogP contribution in [0.2, 0.25) is 0 Å². The lowest BCUT2D eigenvalue weighted by Crippen LogP contribution is -2.09. The summed E-state index contributed by atoms with van der Waals surface area (Å²) in [4.78, 5) is 0. The summed E-state index contributed by atoms with van der Waals surface area (Å²) in [5.41, 5.74) is 2.40. The molecule has 0 unspecified atom stereocenters. The number of nitrogens with zero attached hydrogens (tertiary/aromatic N) is 1. The summed E-state index contributed by atoms with van der Waals surface area (Å²) in [7, 11) is 0. The van der Waals surface area contributed by atoms with Gasteiger partial charge in [0.25, 0.3) is 0 Å². The van der Waals surface area contributed by atoms with Crippen LogP contribution in [0.25, 0.3) is 0 Å². The van der Waals surface area contributed by atoms with Crippen LogP contribution in [0.5, 0.6) is 0 Å². The molecule has 2 rings (SSSR count). The molecule has 0 aromatic heterocycles. The second-order valence-corrected chi connectivity index (χ2v) is 4.22. The number of hydrogen-bond acceptors (Lipinski definition) is 1. The van der Waals surface area contributed by atoms with Crippen LogP contribution in [0.4, 0.5) is 0 Å². The van der Waals surface area contributed by atoms with Gasteiger partial charge in [-0.05, 0) is 18.1 Å². The summed E-state index contributed by atoms with van der Waals surface area (Å²) in [6.07, 6.45) is 0. The van der Waals surface area contributed by atoms with E-state index in [4.69, 9.17) is 0 Å². The molecule has 0 aliphatic heterocycles. The Kier molecular flexibility index (Phi) is 3.57. The monoisotopic (exact) mass is 221 g/mol. The van der Waals surface area contributed by atoms with E-state index >= 15 is 0 Å². The maximum Gasteiger partial charge on any atom is 0.0662 e. The third kappa shape index (κ3) is 2.54. The van der Waals surface area contributed by atoms with Crippen molar-refractivity contribution in [1.29, 1.82) is 5.26 Å². The van der Waals surface area contributed by atoms with Crippen LogP contribution in [0.1, 0.15) is 24.0 Å². The molecule has 0 heterocycles. The van der Waals surface area contributed by atoms with Crippen molar-refractivity contribution in [1.82, 2.24) is 0 Å². The van der Waals surface area contributed by atoms with Crippen molar-refractivity contribution in [3.63, 3.8) is 0 Å². The maximum atomic E-state index is 9.18. The Morgan fingerprint density at radius 3 is 1.59 bits per heavy atom. The van der Waals surface area contributed by atoms with Crippen molar-refractivity contribution in [2.75, 3.05) is 0 Å². The van der Waals surface area contributed by atoms with Gasteiger partial charge in [-0.2, -0.15) is 5.26 Å². The van der Waals surface area contributed by atoms with Crippen molar-refractivity contribution >= 4 is 0 Å². The third-order valence-corrected chi connectivity index (χ3v) is 3.02. The van der Waals surface area contributed by atoms with Gasteiger partial charge in [-0.25, -0.2) is 0 Å². The molecule has 84 valence electrons. The van der Waals surface area contributed by atoms with Gasteiger partial charge in [0.2, 0.25) is 0 Å². The summed E-state index contributed by atoms with van der Waals surface area (Å²) in [6.45, 7) is 1.98. The van der Waals surface area contributed by atoms with E-state index in [1.54, 1.807) is 0 Å². The van der Waals surface area contributed by atoms with Crippen molar-refractivity contribution in [3.05, 3.63) is 71.8 Å². The highest BCUT2D eigenvalue weighted by Crippen LogP contribution is 2.31. The van der Waals surface area contributed by atoms with Crippen molar-refractivity contribution in [3.8, 4) is 6.07 Å². The van der Waals surface area contributed by atoms with Gasteiger partial charge < -0.3 is 0 Å². The first-order chi connectivity index (χ1) is 8.33. The molecule has 17 heavy (non-hydrogen) atoms. The zero-order valence-electron chi connectivity index (χ0n) is 9.88. The standard InChI is InChI=1S/C16H15N/c1-13(12-17)16(14-8-4-2-5-9-14)15-10-6-3-7-11-15/h2-11,13,16H,1H3/t13-/m1/s1. The molecule has 0 aliphatic rings. The van der Waals surface area contributed by atoms with Gasteiger partial charge in [0.1, 0.15) is 0 Å². The highest BCUT2D eigenvalue weighted by atomic mass is 14.3. The smallest absolute Gasteiger partial charge is 0.0662 e. The quantitative estimate of drug-likeness (QED) is 0.769. The average molecular weight is 221 g/mol. The molecule has 1 nitrogen and oxygen atoms in total. The molecule has 1 heteroatoms. The Morgan fingerprint density at radius 1 is 0.824 bits per heavy atom. The molecule has 0 aliphatic carbocycles. The zero-order valence-corrected chi connectivity index (χ0v) is 9.88. The van der Waals surface area contributed by atoms with E-state index in [-0.39, 0.29) is 11.8 Å². The van der Waals surface area contributed by atoms with E-state index in [0.29, 0.717) is 0 Å². The van der Waals surface area contributed by atoms with Gasteiger partial charge in [0.15, 0.2) is 0 Å². The molecule has 2 aromatic carbocycles. The van der Waals surface area contributed by atoms with Gasteiger partial charge in [-0.15, -0.1) is 0 Å². The molecule has 0 fully saturated rings. The van der Waals surface area contributed by atoms with Crippen LogP contribution in [-0.2, 0) is 0 Å². The third-order valence-electron chi connectivity index (χ3n) is 3.02. The van der Waals surface area contributed by atoms with Crippen molar-refractivity contribution in [2.45, 2.75) is 12.8 Å². The highest BCUT2D eigenvalue weighted by Gasteiger charge is 2.20. The zero-order chi connectivity index (χ0) is 12.1. The lowest BCUT2D eigenvalue weighted by Gasteiger charge is -2.20.